The molecule has 0 bridgehead atoms. The van der Waals surface area contributed by atoms with Gasteiger partial charge in [0.05, 0.1) is 34.7 Å². The lowest BCUT2D eigenvalue weighted by Gasteiger charge is -2.32. The highest BCUT2D eigenvalue weighted by atomic mass is 32.2. The van der Waals surface area contributed by atoms with Gasteiger partial charge in [0.15, 0.2) is 9.84 Å². The summed E-state index contributed by atoms with van der Waals surface area (Å²) < 4.78 is 28.1. The van der Waals surface area contributed by atoms with Crippen molar-refractivity contribution in [2.24, 2.45) is 5.41 Å². The number of aliphatic hydroxyl groups excluding tert-OH is 1. The Morgan fingerprint density at radius 1 is 1.59 bits per heavy atom. The molecule has 17 heavy (non-hydrogen) atoms. The lowest BCUT2D eigenvalue weighted by Crippen LogP contribution is -2.41. The van der Waals surface area contributed by atoms with Crippen molar-refractivity contribution >= 4 is 9.84 Å². The normalized spacial score (nSPS) is 29.8. The summed E-state index contributed by atoms with van der Waals surface area (Å²) in [6.07, 6.45) is -0.543. The number of rotatable bonds is 4. The number of hydrogen-bond donors (Lipinski definition) is 1. The van der Waals surface area contributed by atoms with Crippen molar-refractivity contribution in [3.8, 4) is 6.07 Å². The molecule has 1 aliphatic heterocycles. The Kier molecular flexibility index (Phi) is 3.87. The second-order valence-electron chi connectivity index (χ2n) is 5.29. The molecule has 0 aromatic rings. The van der Waals surface area contributed by atoms with Crippen molar-refractivity contribution in [3.05, 3.63) is 0 Å². The average Bonchev–Trinajstić information content (AvgIpc) is 2.55. The fraction of sp³-hybridized carbons (Fsp3) is 0.909. The van der Waals surface area contributed by atoms with Crippen LogP contribution in [0.5, 0.6) is 0 Å². The van der Waals surface area contributed by atoms with Crippen LogP contribution < -0.4 is 0 Å². The van der Waals surface area contributed by atoms with E-state index in [0.29, 0.717) is 0 Å². The van der Waals surface area contributed by atoms with E-state index in [1.54, 1.807) is 13.8 Å². The van der Waals surface area contributed by atoms with Crippen molar-refractivity contribution in [1.82, 2.24) is 0 Å². The van der Waals surface area contributed by atoms with Gasteiger partial charge in [-0.2, -0.15) is 5.26 Å². The number of ether oxygens (including phenoxy) is 1. The first-order chi connectivity index (χ1) is 7.66. The summed E-state index contributed by atoms with van der Waals surface area (Å²) in [4.78, 5) is 0. The van der Waals surface area contributed by atoms with Crippen molar-refractivity contribution < 1.29 is 18.3 Å². The molecule has 1 rings (SSSR count). The first-order valence-corrected chi connectivity index (χ1v) is 7.33. The van der Waals surface area contributed by atoms with E-state index >= 15 is 0 Å². The zero-order chi connectivity index (χ0) is 13.3. The molecule has 1 aliphatic rings. The van der Waals surface area contributed by atoms with Gasteiger partial charge in [0, 0.05) is 13.5 Å². The minimum absolute atomic E-state index is 0.0228. The van der Waals surface area contributed by atoms with E-state index in [1.165, 1.54) is 7.11 Å². The van der Waals surface area contributed by atoms with Crippen molar-refractivity contribution in [1.29, 1.82) is 5.26 Å². The molecule has 0 spiro atoms. The molecular weight excluding hydrogens is 242 g/mol. The van der Waals surface area contributed by atoms with E-state index in [0.717, 1.165) is 0 Å². The monoisotopic (exact) mass is 261 g/mol. The lowest BCUT2D eigenvalue weighted by atomic mass is 9.78. The maximum Gasteiger partial charge on any atom is 0.152 e. The highest BCUT2D eigenvalue weighted by Gasteiger charge is 2.49. The minimum Gasteiger partial charge on any atom is -0.391 e. The van der Waals surface area contributed by atoms with Crippen LogP contribution in [0.15, 0.2) is 0 Å². The van der Waals surface area contributed by atoms with E-state index in [-0.39, 0.29) is 24.3 Å². The van der Waals surface area contributed by atoms with Crippen molar-refractivity contribution in [2.75, 3.05) is 18.6 Å². The quantitative estimate of drug-likeness (QED) is 0.795. The predicted molar refractivity (Wildman–Crippen MR) is 63.0 cm³/mol. The van der Waals surface area contributed by atoms with E-state index < -0.39 is 27.0 Å². The largest absolute Gasteiger partial charge is 0.391 e. The van der Waals surface area contributed by atoms with Crippen LogP contribution in [-0.2, 0) is 14.6 Å². The molecule has 1 saturated heterocycles. The molecule has 6 heteroatoms. The Hall–Kier alpha value is -0.640. The SMILES string of the molecule is COC(C)(C)CC(O)C1(C#N)CCS(=O)(=O)C1. The second-order valence-corrected chi connectivity index (χ2v) is 7.48. The van der Waals surface area contributed by atoms with Crippen molar-refractivity contribution in [3.63, 3.8) is 0 Å². The Morgan fingerprint density at radius 2 is 2.18 bits per heavy atom. The first kappa shape index (κ1) is 14.4. The molecule has 0 aliphatic carbocycles. The summed E-state index contributed by atoms with van der Waals surface area (Å²) in [5, 5.41) is 19.3. The smallest absolute Gasteiger partial charge is 0.152 e. The van der Waals surface area contributed by atoms with Gasteiger partial charge in [-0.3, -0.25) is 0 Å². The van der Waals surface area contributed by atoms with Gasteiger partial charge in [-0.05, 0) is 20.3 Å². The van der Waals surface area contributed by atoms with Crippen LogP contribution in [0.25, 0.3) is 0 Å². The molecule has 0 saturated carbocycles. The summed E-state index contributed by atoms with van der Waals surface area (Å²) >= 11 is 0. The lowest BCUT2D eigenvalue weighted by molar-refractivity contribution is -0.0429. The van der Waals surface area contributed by atoms with Gasteiger partial charge >= 0.3 is 0 Å². The number of nitriles is 1. The number of methoxy groups -OCH3 is 1. The van der Waals surface area contributed by atoms with Gasteiger partial charge in [0.2, 0.25) is 0 Å². The van der Waals surface area contributed by atoms with Gasteiger partial charge in [-0.25, -0.2) is 8.42 Å². The zero-order valence-electron chi connectivity index (χ0n) is 10.4. The van der Waals surface area contributed by atoms with Crippen LogP contribution in [0.1, 0.15) is 26.7 Å². The van der Waals surface area contributed by atoms with Gasteiger partial charge in [0.1, 0.15) is 0 Å². The fourth-order valence-electron chi connectivity index (χ4n) is 2.04. The highest BCUT2D eigenvalue weighted by molar-refractivity contribution is 7.91. The molecule has 2 unspecified atom stereocenters. The van der Waals surface area contributed by atoms with E-state index in [1.807, 2.05) is 6.07 Å². The molecule has 0 amide bonds. The molecule has 0 aromatic heterocycles. The third kappa shape index (κ3) is 3.18. The summed E-state index contributed by atoms with van der Waals surface area (Å²) in [5.74, 6) is -0.275. The van der Waals surface area contributed by atoms with Crippen LogP contribution in [0.4, 0.5) is 0 Å². The molecule has 2 atom stereocenters. The maximum absolute atomic E-state index is 11.5. The molecule has 1 N–H and O–H groups in total. The molecule has 1 fully saturated rings. The molecule has 0 aromatic carbocycles. The maximum atomic E-state index is 11.5. The molecule has 1 heterocycles. The van der Waals surface area contributed by atoms with Gasteiger partial charge in [-0.15, -0.1) is 0 Å². The van der Waals surface area contributed by atoms with Crippen LogP contribution >= 0.6 is 0 Å². The van der Waals surface area contributed by atoms with E-state index in [9.17, 15) is 18.8 Å². The van der Waals surface area contributed by atoms with Crippen LogP contribution in [0.2, 0.25) is 0 Å². The predicted octanol–water partition coefficient (Wildman–Crippen LogP) is 0.491. The second kappa shape index (κ2) is 4.56. The van der Waals surface area contributed by atoms with Crippen molar-refractivity contribution in [2.45, 2.75) is 38.4 Å². The molecule has 5 nitrogen and oxygen atoms in total. The van der Waals surface area contributed by atoms with Crippen LogP contribution in [0, 0.1) is 16.7 Å². The third-order valence-electron chi connectivity index (χ3n) is 3.43. The number of hydrogen-bond acceptors (Lipinski definition) is 5. The van der Waals surface area contributed by atoms with Crippen LogP contribution in [-0.4, -0.2) is 43.8 Å². The number of nitrogens with zero attached hydrogens (tertiary/aromatic N) is 1. The standard InChI is InChI=1S/C11H19NO4S/c1-10(2,16-3)6-9(13)11(7-12)4-5-17(14,15)8-11/h9,13H,4-6,8H2,1-3H3. The summed E-state index contributed by atoms with van der Waals surface area (Å²) in [7, 11) is -1.67. The van der Waals surface area contributed by atoms with Gasteiger partial charge in [0.25, 0.3) is 0 Å². The molecular formula is C11H19NO4S. The molecule has 0 radical (unpaired) electrons. The topological polar surface area (TPSA) is 87.4 Å². The Morgan fingerprint density at radius 3 is 2.53 bits per heavy atom. The first-order valence-electron chi connectivity index (χ1n) is 5.51. The van der Waals surface area contributed by atoms with E-state index in [4.69, 9.17) is 4.74 Å². The molecule has 98 valence electrons. The van der Waals surface area contributed by atoms with Gasteiger partial charge < -0.3 is 9.84 Å². The Balaban J connectivity index is 2.87. The zero-order valence-corrected chi connectivity index (χ0v) is 11.2. The van der Waals surface area contributed by atoms with Crippen LogP contribution in [0.3, 0.4) is 0 Å². The number of aliphatic hydroxyl groups is 1. The number of sulfone groups is 1. The summed E-state index contributed by atoms with van der Waals surface area (Å²) in [5.41, 5.74) is -1.75. The third-order valence-corrected chi connectivity index (χ3v) is 5.22. The Bertz CT molecular complexity index is 423. The minimum atomic E-state index is -3.20. The Labute approximate surface area is 102 Å². The fourth-order valence-corrected chi connectivity index (χ4v) is 4.05. The van der Waals surface area contributed by atoms with Gasteiger partial charge in [-0.1, -0.05) is 0 Å². The van der Waals surface area contributed by atoms with E-state index in [2.05, 4.69) is 0 Å². The average molecular weight is 261 g/mol. The summed E-state index contributed by atoms with van der Waals surface area (Å²) in [6.45, 7) is 3.59. The highest BCUT2D eigenvalue weighted by Crippen LogP contribution is 2.38. The summed E-state index contributed by atoms with van der Waals surface area (Å²) in [6, 6.07) is 1.99.